The summed E-state index contributed by atoms with van der Waals surface area (Å²) in [4.78, 5) is 12.6. The number of carbonyl (C=O) groups is 1. The summed E-state index contributed by atoms with van der Waals surface area (Å²) in [5.41, 5.74) is 2.37. The van der Waals surface area contributed by atoms with Gasteiger partial charge >= 0.3 is 0 Å². The molecule has 0 bridgehead atoms. The van der Waals surface area contributed by atoms with Gasteiger partial charge in [0, 0.05) is 10.7 Å². The van der Waals surface area contributed by atoms with Gasteiger partial charge in [-0.05, 0) is 73.0 Å². The highest BCUT2D eigenvalue weighted by molar-refractivity contribution is 6.32. The van der Waals surface area contributed by atoms with Crippen LogP contribution in [0, 0.1) is 6.92 Å². The highest BCUT2D eigenvalue weighted by atomic mass is 35.5. The van der Waals surface area contributed by atoms with Crippen molar-refractivity contribution in [1.29, 1.82) is 0 Å². The Bertz CT molecular complexity index is 1020. The molecule has 0 unspecified atom stereocenters. The number of rotatable bonds is 5. The van der Waals surface area contributed by atoms with Crippen LogP contribution in [-0.4, -0.2) is 11.0 Å². The van der Waals surface area contributed by atoms with Crippen molar-refractivity contribution in [2.24, 2.45) is 0 Å². The molecule has 2 N–H and O–H groups in total. The minimum atomic E-state index is -0.404. The summed E-state index contributed by atoms with van der Waals surface area (Å²) < 4.78 is 5.73. The number of hydrogen-bond donors (Lipinski definition) is 2. The lowest BCUT2D eigenvalue weighted by atomic mass is 10.0. The van der Waals surface area contributed by atoms with E-state index in [4.69, 9.17) is 27.9 Å². The largest absolute Gasteiger partial charge is 0.507 e. The third-order valence-electron chi connectivity index (χ3n) is 4.19. The van der Waals surface area contributed by atoms with Gasteiger partial charge in [-0.2, -0.15) is 0 Å². The second kappa shape index (κ2) is 8.55. The maximum atomic E-state index is 12.6. The number of carbonyl (C=O) groups excluding carboxylic acids is 1. The molecule has 0 aliphatic carbocycles. The molecule has 3 rings (SSSR count). The van der Waals surface area contributed by atoms with Crippen molar-refractivity contribution >= 4 is 34.8 Å². The zero-order chi connectivity index (χ0) is 20.3. The van der Waals surface area contributed by atoms with Gasteiger partial charge in [0.1, 0.15) is 17.2 Å². The van der Waals surface area contributed by atoms with Gasteiger partial charge in [-0.1, -0.05) is 36.2 Å². The number of phenolic OH excluding ortho intramolecular Hbond substituents is 1. The van der Waals surface area contributed by atoms with E-state index >= 15 is 0 Å². The van der Waals surface area contributed by atoms with Gasteiger partial charge < -0.3 is 15.2 Å². The Hall–Kier alpha value is -2.69. The van der Waals surface area contributed by atoms with Crippen LogP contribution >= 0.6 is 23.2 Å². The number of ether oxygens (including phenoxy) is 1. The fourth-order valence-electron chi connectivity index (χ4n) is 2.79. The Morgan fingerprint density at radius 1 is 1.07 bits per heavy atom. The molecule has 0 fully saturated rings. The minimum absolute atomic E-state index is 0.000566. The molecule has 0 saturated carbocycles. The first-order valence-corrected chi connectivity index (χ1v) is 9.49. The Labute approximate surface area is 173 Å². The van der Waals surface area contributed by atoms with Gasteiger partial charge in [0.2, 0.25) is 0 Å². The van der Waals surface area contributed by atoms with Crippen molar-refractivity contribution in [2.75, 3.05) is 5.32 Å². The standard InChI is InChI=1S/C22H19Cl2NO3/c1-3-14-10-13(2)11-18(21(14)26)22(27)25-16-6-9-20(19(24)12-16)28-17-7-4-15(23)5-8-17/h4-12,26H,3H2,1-2H3,(H,25,27). The van der Waals surface area contributed by atoms with E-state index in [0.29, 0.717) is 33.7 Å². The molecule has 0 radical (unpaired) electrons. The molecule has 0 atom stereocenters. The van der Waals surface area contributed by atoms with E-state index in [1.54, 1.807) is 48.5 Å². The van der Waals surface area contributed by atoms with Crippen molar-refractivity contribution in [2.45, 2.75) is 20.3 Å². The van der Waals surface area contributed by atoms with Crippen LogP contribution in [-0.2, 0) is 6.42 Å². The van der Waals surface area contributed by atoms with E-state index < -0.39 is 5.91 Å². The molecule has 144 valence electrons. The average molecular weight is 416 g/mol. The molecule has 0 aromatic heterocycles. The maximum absolute atomic E-state index is 12.6. The molecule has 0 saturated heterocycles. The van der Waals surface area contributed by atoms with E-state index in [-0.39, 0.29) is 11.3 Å². The Morgan fingerprint density at radius 3 is 2.43 bits per heavy atom. The van der Waals surface area contributed by atoms with Gasteiger partial charge in [-0.25, -0.2) is 0 Å². The van der Waals surface area contributed by atoms with Gasteiger partial charge in [-0.15, -0.1) is 0 Å². The van der Waals surface area contributed by atoms with Crippen molar-refractivity contribution in [3.8, 4) is 17.2 Å². The smallest absolute Gasteiger partial charge is 0.259 e. The number of anilines is 1. The molecule has 3 aromatic carbocycles. The molecule has 0 aliphatic heterocycles. The summed E-state index contributed by atoms with van der Waals surface area (Å²) >= 11 is 12.2. The molecule has 0 spiro atoms. The fraction of sp³-hybridized carbons (Fsp3) is 0.136. The zero-order valence-electron chi connectivity index (χ0n) is 15.4. The van der Waals surface area contributed by atoms with Crippen LogP contribution in [0.1, 0.15) is 28.4 Å². The molecular formula is C22H19Cl2NO3. The highest BCUT2D eigenvalue weighted by Gasteiger charge is 2.16. The molecule has 28 heavy (non-hydrogen) atoms. The third kappa shape index (κ3) is 4.58. The number of aryl methyl sites for hydroxylation is 2. The Morgan fingerprint density at radius 2 is 1.79 bits per heavy atom. The number of benzene rings is 3. The van der Waals surface area contributed by atoms with Crippen LogP contribution in [0.15, 0.2) is 54.6 Å². The summed E-state index contributed by atoms with van der Waals surface area (Å²) in [7, 11) is 0. The summed E-state index contributed by atoms with van der Waals surface area (Å²) in [6.07, 6.45) is 0.635. The summed E-state index contributed by atoms with van der Waals surface area (Å²) in [5.74, 6) is 0.645. The average Bonchev–Trinajstić information content (AvgIpc) is 2.67. The molecule has 0 heterocycles. The second-order valence-electron chi connectivity index (χ2n) is 6.33. The van der Waals surface area contributed by atoms with Gasteiger partial charge in [0.05, 0.1) is 10.6 Å². The van der Waals surface area contributed by atoms with Gasteiger partial charge in [0.25, 0.3) is 5.91 Å². The third-order valence-corrected chi connectivity index (χ3v) is 4.74. The first kappa shape index (κ1) is 20.1. The first-order valence-electron chi connectivity index (χ1n) is 8.74. The van der Waals surface area contributed by atoms with Crippen molar-refractivity contribution in [3.63, 3.8) is 0 Å². The van der Waals surface area contributed by atoms with Crippen molar-refractivity contribution in [3.05, 3.63) is 81.3 Å². The van der Waals surface area contributed by atoms with Crippen LogP contribution < -0.4 is 10.1 Å². The van der Waals surface area contributed by atoms with Crippen LogP contribution in [0.25, 0.3) is 0 Å². The molecular weight excluding hydrogens is 397 g/mol. The quantitative estimate of drug-likeness (QED) is 0.492. The molecule has 4 nitrogen and oxygen atoms in total. The Kier molecular flexibility index (Phi) is 6.12. The van der Waals surface area contributed by atoms with E-state index in [1.807, 2.05) is 19.9 Å². The summed E-state index contributed by atoms with van der Waals surface area (Å²) in [6, 6.07) is 15.4. The van der Waals surface area contributed by atoms with E-state index in [9.17, 15) is 9.90 Å². The number of phenols is 1. The second-order valence-corrected chi connectivity index (χ2v) is 7.17. The van der Waals surface area contributed by atoms with Crippen LogP contribution in [0.2, 0.25) is 10.0 Å². The van der Waals surface area contributed by atoms with Crippen molar-refractivity contribution in [1.82, 2.24) is 0 Å². The van der Waals surface area contributed by atoms with Crippen LogP contribution in [0.3, 0.4) is 0 Å². The summed E-state index contributed by atoms with van der Waals surface area (Å²) in [6.45, 7) is 3.81. The topological polar surface area (TPSA) is 58.6 Å². The van der Waals surface area contributed by atoms with Crippen LogP contribution in [0.5, 0.6) is 17.2 Å². The van der Waals surface area contributed by atoms with E-state index in [2.05, 4.69) is 5.32 Å². The minimum Gasteiger partial charge on any atom is -0.507 e. The normalized spacial score (nSPS) is 10.6. The SMILES string of the molecule is CCc1cc(C)cc(C(=O)Nc2ccc(Oc3ccc(Cl)cc3)c(Cl)c2)c1O. The number of amides is 1. The summed E-state index contributed by atoms with van der Waals surface area (Å²) in [5, 5.41) is 14.0. The van der Waals surface area contributed by atoms with E-state index in [0.717, 1.165) is 11.1 Å². The first-order chi connectivity index (χ1) is 13.4. The molecule has 0 aliphatic rings. The van der Waals surface area contributed by atoms with Crippen molar-refractivity contribution < 1.29 is 14.6 Å². The number of hydrogen-bond acceptors (Lipinski definition) is 3. The van der Waals surface area contributed by atoms with Gasteiger partial charge in [-0.3, -0.25) is 4.79 Å². The monoisotopic (exact) mass is 415 g/mol. The van der Waals surface area contributed by atoms with Crippen LogP contribution in [0.4, 0.5) is 5.69 Å². The number of nitrogens with one attached hydrogen (secondary N) is 1. The molecule has 1 amide bonds. The molecule has 6 heteroatoms. The molecule has 3 aromatic rings. The lowest BCUT2D eigenvalue weighted by Gasteiger charge is -2.12. The number of aromatic hydroxyl groups is 1. The lowest BCUT2D eigenvalue weighted by molar-refractivity contribution is 0.102. The fourth-order valence-corrected chi connectivity index (χ4v) is 3.13. The van der Waals surface area contributed by atoms with Gasteiger partial charge in [0.15, 0.2) is 0 Å². The Balaban J connectivity index is 1.78. The lowest BCUT2D eigenvalue weighted by Crippen LogP contribution is -2.13. The predicted molar refractivity (Wildman–Crippen MR) is 113 cm³/mol. The van der Waals surface area contributed by atoms with E-state index in [1.165, 1.54) is 0 Å². The number of halogens is 2. The zero-order valence-corrected chi connectivity index (χ0v) is 16.9. The predicted octanol–water partition coefficient (Wildman–Crippen LogP) is 6.61. The highest BCUT2D eigenvalue weighted by Crippen LogP contribution is 2.33. The maximum Gasteiger partial charge on any atom is 0.259 e.